The van der Waals surface area contributed by atoms with Gasteiger partial charge in [-0.05, 0) is 27.7 Å². The Morgan fingerprint density at radius 1 is 0.567 bits per heavy atom. The van der Waals surface area contributed by atoms with Crippen LogP contribution in [-0.4, -0.2) is 72.9 Å². The molecule has 0 spiro atoms. The second kappa shape index (κ2) is 13.1. The van der Waals surface area contributed by atoms with E-state index in [1.54, 1.807) is 13.8 Å². The lowest BCUT2D eigenvalue weighted by Gasteiger charge is -2.28. The molecular weight excluding hydrogens is 388 g/mol. The summed E-state index contributed by atoms with van der Waals surface area (Å²) in [6.45, 7) is 21.1. The van der Waals surface area contributed by atoms with Gasteiger partial charge in [0.1, 0.15) is 13.2 Å². The van der Waals surface area contributed by atoms with Crippen molar-refractivity contribution in [1.82, 2.24) is 9.80 Å². The first-order valence-electron chi connectivity index (χ1n) is 9.43. The number of ether oxygens (including phenoxy) is 2. The minimum Gasteiger partial charge on any atom is -0.460 e. The molecule has 0 aliphatic carbocycles. The van der Waals surface area contributed by atoms with Crippen molar-refractivity contribution in [2.45, 2.75) is 27.7 Å². The molecule has 0 atom stereocenters. The number of amides is 2. The highest BCUT2D eigenvalue weighted by Gasteiger charge is 2.20. The Bertz CT molecular complexity index is 676. The zero-order chi connectivity index (χ0) is 23.4. The quantitative estimate of drug-likeness (QED) is 0.334. The summed E-state index contributed by atoms with van der Waals surface area (Å²) < 4.78 is 10.1. The SMILES string of the molecule is C=C(C)C(=O)OCCN(CCN(CCOC(=O)C(=C)C)C(=O)C(=C)C)C(=O)C(=C)C. The van der Waals surface area contributed by atoms with Crippen molar-refractivity contribution in [2.75, 3.05) is 39.4 Å². The van der Waals surface area contributed by atoms with Crippen LogP contribution in [0.1, 0.15) is 27.7 Å². The Hall–Kier alpha value is -3.16. The minimum atomic E-state index is -0.545. The van der Waals surface area contributed by atoms with Crippen LogP contribution in [0.2, 0.25) is 0 Å². The smallest absolute Gasteiger partial charge is 0.333 e. The molecule has 0 aromatic heterocycles. The van der Waals surface area contributed by atoms with E-state index < -0.39 is 11.9 Å². The maximum atomic E-state index is 12.4. The Morgan fingerprint density at radius 2 is 0.867 bits per heavy atom. The van der Waals surface area contributed by atoms with Gasteiger partial charge in [-0.25, -0.2) is 9.59 Å². The van der Waals surface area contributed by atoms with Crippen LogP contribution in [0.15, 0.2) is 48.6 Å². The molecule has 0 rings (SSSR count). The Labute approximate surface area is 178 Å². The van der Waals surface area contributed by atoms with E-state index in [-0.39, 0.29) is 62.4 Å². The normalized spacial score (nSPS) is 9.87. The highest BCUT2D eigenvalue weighted by molar-refractivity contribution is 5.93. The van der Waals surface area contributed by atoms with E-state index in [0.717, 1.165) is 0 Å². The van der Waals surface area contributed by atoms with Gasteiger partial charge >= 0.3 is 11.9 Å². The third kappa shape index (κ3) is 9.86. The van der Waals surface area contributed by atoms with Gasteiger partial charge in [0.2, 0.25) is 11.8 Å². The summed E-state index contributed by atoms with van der Waals surface area (Å²) in [7, 11) is 0. The third-order valence-electron chi connectivity index (χ3n) is 3.83. The fourth-order valence-electron chi connectivity index (χ4n) is 2.15. The lowest BCUT2D eigenvalue weighted by atomic mass is 10.2. The number of esters is 2. The van der Waals surface area contributed by atoms with Gasteiger partial charge in [0, 0.05) is 35.4 Å². The van der Waals surface area contributed by atoms with Crippen molar-refractivity contribution >= 4 is 23.8 Å². The molecule has 0 aromatic carbocycles. The Morgan fingerprint density at radius 3 is 1.10 bits per heavy atom. The molecule has 2 amide bonds. The zero-order valence-corrected chi connectivity index (χ0v) is 18.4. The van der Waals surface area contributed by atoms with E-state index in [4.69, 9.17) is 9.47 Å². The largest absolute Gasteiger partial charge is 0.460 e. The molecule has 0 aliphatic rings. The molecule has 0 saturated heterocycles. The van der Waals surface area contributed by atoms with Crippen LogP contribution in [0.4, 0.5) is 0 Å². The van der Waals surface area contributed by atoms with E-state index in [2.05, 4.69) is 26.3 Å². The van der Waals surface area contributed by atoms with Crippen molar-refractivity contribution in [3.63, 3.8) is 0 Å². The van der Waals surface area contributed by atoms with E-state index in [9.17, 15) is 19.2 Å². The van der Waals surface area contributed by atoms with Gasteiger partial charge in [-0.1, -0.05) is 26.3 Å². The molecule has 0 heterocycles. The molecule has 166 valence electrons. The maximum absolute atomic E-state index is 12.4. The van der Waals surface area contributed by atoms with E-state index >= 15 is 0 Å². The van der Waals surface area contributed by atoms with Gasteiger partial charge in [0.05, 0.1) is 13.1 Å². The molecule has 0 fully saturated rings. The average molecular weight is 421 g/mol. The van der Waals surface area contributed by atoms with Crippen molar-refractivity contribution in [2.24, 2.45) is 0 Å². The first-order valence-corrected chi connectivity index (χ1v) is 9.43. The summed E-state index contributed by atoms with van der Waals surface area (Å²) >= 11 is 0. The molecule has 30 heavy (non-hydrogen) atoms. The fourth-order valence-corrected chi connectivity index (χ4v) is 2.15. The van der Waals surface area contributed by atoms with Crippen LogP contribution < -0.4 is 0 Å². The standard InChI is InChI=1S/C22H32N2O6/c1-15(2)19(25)23(11-13-29-21(27)17(5)6)9-10-24(20(26)16(3)4)12-14-30-22(28)18(7)8/h1,3,5,7,9-14H2,2,4,6,8H3. The molecule has 8 nitrogen and oxygen atoms in total. The van der Waals surface area contributed by atoms with Gasteiger partial charge in [-0.3, -0.25) is 9.59 Å². The maximum Gasteiger partial charge on any atom is 0.333 e. The molecule has 0 saturated carbocycles. The predicted octanol–water partition coefficient (Wildman–Crippen LogP) is 2.03. The van der Waals surface area contributed by atoms with Crippen LogP contribution in [0.25, 0.3) is 0 Å². The van der Waals surface area contributed by atoms with Gasteiger partial charge < -0.3 is 19.3 Å². The summed E-state index contributed by atoms with van der Waals surface area (Å²) in [5, 5.41) is 0. The highest BCUT2D eigenvalue weighted by atomic mass is 16.5. The highest BCUT2D eigenvalue weighted by Crippen LogP contribution is 2.05. The predicted molar refractivity (Wildman–Crippen MR) is 114 cm³/mol. The van der Waals surface area contributed by atoms with E-state index in [1.807, 2.05) is 0 Å². The van der Waals surface area contributed by atoms with Gasteiger partial charge in [-0.15, -0.1) is 0 Å². The molecule has 0 bridgehead atoms. The topological polar surface area (TPSA) is 93.2 Å². The van der Waals surface area contributed by atoms with Gasteiger partial charge in [0.25, 0.3) is 0 Å². The van der Waals surface area contributed by atoms with Crippen molar-refractivity contribution < 1.29 is 28.7 Å². The summed E-state index contributed by atoms with van der Waals surface area (Å²) in [6, 6.07) is 0. The number of carbonyl (C=O) groups is 4. The summed E-state index contributed by atoms with van der Waals surface area (Å²) in [5.74, 6) is -1.73. The first-order chi connectivity index (χ1) is 13.9. The second-order valence-electron chi connectivity index (χ2n) is 6.98. The molecular formula is C22H32N2O6. The van der Waals surface area contributed by atoms with Crippen molar-refractivity contribution in [3.05, 3.63) is 48.6 Å². The summed E-state index contributed by atoms with van der Waals surface area (Å²) in [6.07, 6.45) is 0. The summed E-state index contributed by atoms with van der Waals surface area (Å²) in [4.78, 5) is 50.8. The first kappa shape index (κ1) is 26.8. The monoisotopic (exact) mass is 420 g/mol. The lowest BCUT2D eigenvalue weighted by molar-refractivity contribution is -0.142. The van der Waals surface area contributed by atoms with Gasteiger partial charge in [-0.2, -0.15) is 0 Å². The van der Waals surface area contributed by atoms with E-state index in [0.29, 0.717) is 11.1 Å². The summed E-state index contributed by atoms with van der Waals surface area (Å²) in [5.41, 5.74) is 1.15. The number of hydrogen-bond acceptors (Lipinski definition) is 6. The van der Waals surface area contributed by atoms with Crippen LogP contribution in [0.3, 0.4) is 0 Å². The number of carbonyl (C=O) groups excluding carboxylic acids is 4. The van der Waals surface area contributed by atoms with Gasteiger partial charge in [0.15, 0.2) is 0 Å². The van der Waals surface area contributed by atoms with Crippen LogP contribution in [-0.2, 0) is 28.7 Å². The number of rotatable bonds is 13. The molecule has 0 aliphatic heterocycles. The number of nitrogens with zero attached hydrogens (tertiary/aromatic N) is 2. The third-order valence-corrected chi connectivity index (χ3v) is 3.83. The average Bonchev–Trinajstić information content (AvgIpc) is 2.66. The zero-order valence-electron chi connectivity index (χ0n) is 18.4. The van der Waals surface area contributed by atoms with Crippen LogP contribution >= 0.6 is 0 Å². The van der Waals surface area contributed by atoms with E-state index in [1.165, 1.54) is 23.6 Å². The molecule has 0 radical (unpaired) electrons. The molecule has 0 aromatic rings. The molecule has 0 N–H and O–H groups in total. The van der Waals surface area contributed by atoms with Crippen LogP contribution in [0.5, 0.6) is 0 Å². The Kier molecular flexibility index (Phi) is 11.8. The van der Waals surface area contributed by atoms with Crippen molar-refractivity contribution in [3.8, 4) is 0 Å². The second-order valence-corrected chi connectivity index (χ2v) is 6.98. The molecule has 0 unspecified atom stereocenters. The van der Waals surface area contributed by atoms with Crippen molar-refractivity contribution in [1.29, 1.82) is 0 Å². The van der Waals surface area contributed by atoms with Crippen LogP contribution in [0, 0.1) is 0 Å². The minimum absolute atomic E-state index is 0.0185. The fraction of sp³-hybridized carbons (Fsp3) is 0.455. The molecule has 8 heteroatoms. The lowest BCUT2D eigenvalue weighted by Crippen LogP contribution is -2.44. The Balaban J connectivity index is 5.06. The number of hydrogen-bond donors (Lipinski definition) is 0.